The van der Waals surface area contributed by atoms with Crippen molar-refractivity contribution in [1.82, 2.24) is 24.8 Å². The van der Waals surface area contributed by atoms with Crippen LogP contribution in [0.25, 0.3) is 11.0 Å². The quantitative estimate of drug-likeness (QED) is 0.670. The molecule has 0 saturated carbocycles. The average Bonchev–Trinajstić information content (AvgIpc) is 3.08. The highest BCUT2D eigenvalue weighted by Gasteiger charge is 2.08. The number of aromatic nitrogens is 4. The van der Waals surface area contributed by atoms with Gasteiger partial charge in [0.05, 0.1) is 23.1 Å². The Morgan fingerprint density at radius 1 is 1.33 bits per heavy atom. The third kappa shape index (κ3) is 2.75. The largest absolute Gasteiger partial charge is 0.334 e. The van der Waals surface area contributed by atoms with Crippen LogP contribution in [-0.2, 0) is 13.1 Å². The van der Waals surface area contributed by atoms with Gasteiger partial charge in [-0.15, -0.1) is 0 Å². The van der Waals surface area contributed by atoms with E-state index >= 15 is 0 Å². The molecule has 0 aliphatic rings. The normalized spacial score (nSPS) is 12.9. The number of rotatable bonds is 5. The summed E-state index contributed by atoms with van der Waals surface area (Å²) in [6.45, 7) is 5.89. The summed E-state index contributed by atoms with van der Waals surface area (Å²) in [4.78, 5) is 21.0. The number of fused-ring (bicyclic) bond motifs is 1. The highest BCUT2D eigenvalue weighted by atomic mass is 16.1. The number of imidazole rings is 2. The van der Waals surface area contributed by atoms with E-state index < -0.39 is 0 Å². The van der Waals surface area contributed by atoms with Crippen molar-refractivity contribution in [3.05, 3.63) is 52.5 Å². The van der Waals surface area contributed by atoms with Gasteiger partial charge in [-0.1, -0.05) is 6.07 Å². The van der Waals surface area contributed by atoms with E-state index in [0.717, 1.165) is 29.7 Å². The molecule has 3 N–H and O–H groups in total. The molecule has 0 radical (unpaired) electrons. The van der Waals surface area contributed by atoms with Gasteiger partial charge in [-0.05, 0) is 31.5 Å². The lowest BCUT2D eigenvalue weighted by atomic mass is 10.1. The van der Waals surface area contributed by atoms with E-state index in [9.17, 15) is 4.79 Å². The SMILES string of the molecule is CCn1cncc1CNC(C)c1ccc2[nH]c(=O)[nH]c2c1. The third-order valence-corrected chi connectivity index (χ3v) is 3.77. The number of hydrogen-bond acceptors (Lipinski definition) is 3. The lowest BCUT2D eigenvalue weighted by Crippen LogP contribution is -2.19. The van der Waals surface area contributed by atoms with Gasteiger partial charge < -0.3 is 19.9 Å². The number of aromatic amines is 2. The Morgan fingerprint density at radius 3 is 2.95 bits per heavy atom. The van der Waals surface area contributed by atoms with E-state index in [1.807, 2.05) is 30.7 Å². The summed E-state index contributed by atoms with van der Waals surface area (Å²) < 4.78 is 2.12. The summed E-state index contributed by atoms with van der Waals surface area (Å²) in [6, 6.07) is 6.15. The second kappa shape index (κ2) is 5.57. The Balaban J connectivity index is 1.74. The lowest BCUT2D eigenvalue weighted by Gasteiger charge is -2.15. The first-order valence-electron chi connectivity index (χ1n) is 7.11. The number of nitrogens with one attached hydrogen (secondary N) is 3. The number of hydrogen-bond donors (Lipinski definition) is 3. The van der Waals surface area contributed by atoms with Gasteiger partial charge in [-0.25, -0.2) is 9.78 Å². The Kier molecular flexibility index (Phi) is 3.62. The van der Waals surface area contributed by atoms with Crippen LogP contribution in [0, 0.1) is 0 Å². The van der Waals surface area contributed by atoms with Gasteiger partial charge in [0.15, 0.2) is 0 Å². The summed E-state index contributed by atoms with van der Waals surface area (Å²) >= 11 is 0. The molecule has 6 nitrogen and oxygen atoms in total. The Labute approximate surface area is 122 Å². The second-order valence-corrected chi connectivity index (χ2v) is 5.16. The zero-order chi connectivity index (χ0) is 14.8. The standard InChI is InChI=1S/C15H19N5O/c1-3-20-9-16-7-12(20)8-17-10(2)11-4-5-13-14(6-11)19-15(21)18-13/h4-7,9-10,17H,3,8H2,1-2H3,(H2,18,19,21). The number of benzene rings is 1. The first-order chi connectivity index (χ1) is 10.2. The molecule has 1 atom stereocenters. The average molecular weight is 285 g/mol. The van der Waals surface area contributed by atoms with E-state index in [4.69, 9.17) is 0 Å². The van der Waals surface area contributed by atoms with Gasteiger partial charge in [0, 0.05) is 25.3 Å². The van der Waals surface area contributed by atoms with Gasteiger partial charge in [-0.3, -0.25) is 0 Å². The zero-order valence-corrected chi connectivity index (χ0v) is 12.2. The molecular formula is C15H19N5O. The van der Waals surface area contributed by atoms with E-state index in [1.54, 1.807) is 0 Å². The van der Waals surface area contributed by atoms with E-state index in [1.165, 1.54) is 5.69 Å². The first-order valence-corrected chi connectivity index (χ1v) is 7.11. The van der Waals surface area contributed by atoms with E-state index in [0.29, 0.717) is 0 Å². The van der Waals surface area contributed by atoms with Gasteiger partial charge in [0.1, 0.15) is 0 Å². The molecular weight excluding hydrogens is 266 g/mol. The van der Waals surface area contributed by atoms with E-state index in [-0.39, 0.29) is 11.7 Å². The fourth-order valence-corrected chi connectivity index (χ4v) is 2.48. The highest BCUT2D eigenvalue weighted by molar-refractivity contribution is 5.75. The predicted molar refractivity (Wildman–Crippen MR) is 82.1 cm³/mol. The number of nitrogens with zero attached hydrogens (tertiary/aromatic N) is 2. The molecule has 0 fully saturated rings. The second-order valence-electron chi connectivity index (χ2n) is 5.16. The summed E-state index contributed by atoms with van der Waals surface area (Å²) in [5, 5.41) is 3.48. The van der Waals surface area contributed by atoms with E-state index in [2.05, 4.69) is 38.7 Å². The fourth-order valence-electron chi connectivity index (χ4n) is 2.48. The van der Waals surface area contributed by atoms with Crippen molar-refractivity contribution in [2.24, 2.45) is 0 Å². The summed E-state index contributed by atoms with van der Waals surface area (Å²) in [6.07, 6.45) is 3.73. The molecule has 2 aromatic heterocycles. The maximum Gasteiger partial charge on any atom is 0.323 e. The van der Waals surface area contributed by atoms with Crippen LogP contribution in [0.3, 0.4) is 0 Å². The molecule has 0 bridgehead atoms. The summed E-state index contributed by atoms with van der Waals surface area (Å²) in [5.74, 6) is 0. The zero-order valence-electron chi connectivity index (χ0n) is 12.2. The molecule has 1 aromatic carbocycles. The number of aryl methyl sites for hydroxylation is 1. The molecule has 110 valence electrons. The van der Waals surface area contributed by atoms with Crippen molar-refractivity contribution in [3.8, 4) is 0 Å². The summed E-state index contributed by atoms with van der Waals surface area (Å²) in [7, 11) is 0. The van der Waals surface area contributed by atoms with Crippen LogP contribution in [0.15, 0.2) is 35.5 Å². The molecule has 6 heteroatoms. The first kappa shape index (κ1) is 13.6. The molecule has 0 aliphatic heterocycles. The Hall–Kier alpha value is -2.34. The van der Waals surface area contributed by atoms with Crippen molar-refractivity contribution in [2.75, 3.05) is 0 Å². The smallest absolute Gasteiger partial charge is 0.323 e. The molecule has 3 aromatic rings. The van der Waals surface area contributed by atoms with Gasteiger partial charge in [-0.2, -0.15) is 0 Å². The molecule has 0 spiro atoms. The highest BCUT2D eigenvalue weighted by Crippen LogP contribution is 2.17. The van der Waals surface area contributed by atoms with Crippen LogP contribution >= 0.6 is 0 Å². The van der Waals surface area contributed by atoms with Crippen LogP contribution < -0.4 is 11.0 Å². The molecule has 0 aliphatic carbocycles. The molecule has 1 unspecified atom stereocenters. The van der Waals surface area contributed by atoms with Gasteiger partial charge >= 0.3 is 5.69 Å². The topological polar surface area (TPSA) is 78.5 Å². The van der Waals surface area contributed by atoms with Gasteiger partial charge in [0.25, 0.3) is 0 Å². The van der Waals surface area contributed by atoms with Crippen LogP contribution in [-0.4, -0.2) is 19.5 Å². The molecule has 2 heterocycles. The molecule has 3 rings (SSSR count). The van der Waals surface area contributed by atoms with Crippen molar-refractivity contribution in [3.63, 3.8) is 0 Å². The minimum atomic E-state index is -0.172. The molecule has 21 heavy (non-hydrogen) atoms. The summed E-state index contributed by atoms with van der Waals surface area (Å²) in [5.41, 5.74) is 3.81. The minimum absolute atomic E-state index is 0.172. The Bertz CT molecular complexity index is 798. The van der Waals surface area contributed by atoms with Crippen LogP contribution in [0.5, 0.6) is 0 Å². The van der Waals surface area contributed by atoms with Crippen LogP contribution in [0.2, 0.25) is 0 Å². The van der Waals surface area contributed by atoms with Gasteiger partial charge in [0.2, 0.25) is 0 Å². The lowest BCUT2D eigenvalue weighted by molar-refractivity contribution is 0.550. The van der Waals surface area contributed by atoms with Crippen LogP contribution in [0.1, 0.15) is 31.1 Å². The third-order valence-electron chi connectivity index (χ3n) is 3.77. The molecule has 0 saturated heterocycles. The monoisotopic (exact) mass is 285 g/mol. The number of H-pyrrole nitrogens is 2. The van der Waals surface area contributed by atoms with Crippen molar-refractivity contribution < 1.29 is 0 Å². The maximum atomic E-state index is 11.3. The van der Waals surface area contributed by atoms with Crippen LogP contribution in [0.4, 0.5) is 0 Å². The van der Waals surface area contributed by atoms with Crippen molar-refractivity contribution in [1.29, 1.82) is 0 Å². The Morgan fingerprint density at radius 2 is 2.14 bits per heavy atom. The fraction of sp³-hybridized carbons (Fsp3) is 0.333. The minimum Gasteiger partial charge on any atom is -0.334 e. The predicted octanol–water partition coefficient (Wildman–Crippen LogP) is 1.92. The van der Waals surface area contributed by atoms with Crippen molar-refractivity contribution in [2.45, 2.75) is 33.0 Å². The molecule has 0 amide bonds. The maximum absolute atomic E-state index is 11.3. The van der Waals surface area contributed by atoms with Crippen molar-refractivity contribution >= 4 is 11.0 Å².